The van der Waals surface area contributed by atoms with Crippen molar-refractivity contribution in [3.8, 4) is 0 Å². The fourth-order valence-electron chi connectivity index (χ4n) is 1.58. The summed E-state index contributed by atoms with van der Waals surface area (Å²) >= 11 is 0. The van der Waals surface area contributed by atoms with Crippen molar-refractivity contribution >= 4 is 22.8 Å². The van der Waals surface area contributed by atoms with Crippen LogP contribution < -0.4 is 5.32 Å². The van der Waals surface area contributed by atoms with Crippen molar-refractivity contribution in [2.75, 3.05) is 6.54 Å². The van der Waals surface area contributed by atoms with Gasteiger partial charge in [0.1, 0.15) is 0 Å². The summed E-state index contributed by atoms with van der Waals surface area (Å²) in [5.41, 5.74) is 1.25. The van der Waals surface area contributed by atoms with Crippen LogP contribution in [0, 0.1) is 0 Å². The zero-order chi connectivity index (χ0) is 13.0. The highest BCUT2D eigenvalue weighted by Gasteiger charge is 2.07. The first-order valence-electron chi connectivity index (χ1n) is 5.51. The summed E-state index contributed by atoms with van der Waals surface area (Å²) < 4.78 is 0. The number of carbonyl (C=O) groups excluding carboxylic acids is 1. The molecule has 0 saturated carbocycles. The number of nitrogens with zero attached hydrogens (tertiary/aromatic N) is 1. The van der Waals surface area contributed by atoms with Gasteiger partial charge >= 0.3 is 5.97 Å². The average Bonchev–Trinajstić information content (AvgIpc) is 2.37. The average molecular weight is 244 g/mol. The number of amides is 1. The van der Waals surface area contributed by atoms with Crippen LogP contribution in [0.1, 0.15) is 16.8 Å². The molecule has 92 valence electrons. The lowest BCUT2D eigenvalue weighted by Gasteiger charge is -2.04. The van der Waals surface area contributed by atoms with E-state index in [0.29, 0.717) is 5.56 Å². The van der Waals surface area contributed by atoms with Crippen LogP contribution in [0.4, 0.5) is 0 Å². The summed E-state index contributed by atoms with van der Waals surface area (Å²) in [6.07, 6.45) is 1.39. The van der Waals surface area contributed by atoms with Crippen molar-refractivity contribution in [1.29, 1.82) is 0 Å². The summed E-state index contributed by atoms with van der Waals surface area (Å²) in [5.74, 6) is -1.25. The third kappa shape index (κ3) is 2.82. The van der Waals surface area contributed by atoms with E-state index < -0.39 is 5.97 Å². The molecular formula is C13H12N2O3. The Balaban J connectivity index is 2.10. The topological polar surface area (TPSA) is 79.3 Å². The van der Waals surface area contributed by atoms with E-state index in [1.165, 1.54) is 6.20 Å². The lowest BCUT2D eigenvalue weighted by molar-refractivity contribution is -0.136. The molecule has 5 heteroatoms. The molecule has 1 aromatic heterocycles. The van der Waals surface area contributed by atoms with Gasteiger partial charge in [-0.2, -0.15) is 0 Å². The Kier molecular flexibility index (Phi) is 3.52. The standard InChI is InChI=1S/C13H12N2O3/c16-12(17)5-6-14-13(18)10-7-9-3-1-2-4-11(9)15-8-10/h1-4,7-8H,5-6H2,(H,14,18)(H,16,17). The van der Waals surface area contributed by atoms with Crippen molar-refractivity contribution in [2.45, 2.75) is 6.42 Å². The first kappa shape index (κ1) is 12.0. The molecule has 0 radical (unpaired) electrons. The third-order valence-corrected chi connectivity index (χ3v) is 2.48. The maximum atomic E-state index is 11.7. The number of benzene rings is 1. The largest absolute Gasteiger partial charge is 0.481 e. The highest BCUT2D eigenvalue weighted by Crippen LogP contribution is 2.12. The lowest BCUT2D eigenvalue weighted by Crippen LogP contribution is -2.26. The van der Waals surface area contributed by atoms with Crippen molar-refractivity contribution in [3.63, 3.8) is 0 Å². The molecule has 5 nitrogen and oxygen atoms in total. The van der Waals surface area contributed by atoms with E-state index >= 15 is 0 Å². The minimum Gasteiger partial charge on any atom is -0.481 e. The van der Waals surface area contributed by atoms with Gasteiger partial charge < -0.3 is 10.4 Å². The number of carbonyl (C=O) groups is 2. The molecular weight excluding hydrogens is 232 g/mol. The number of nitrogens with one attached hydrogen (secondary N) is 1. The fraction of sp³-hybridized carbons (Fsp3) is 0.154. The lowest BCUT2D eigenvalue weighted by atomic mass is 10.1. The molecule has 18 heavy (non-hydrogen) atoms. The maximum absolute atomic E-state index is 11.7. The van der Waals surface area contributed by atoms with Gasteiger partial charge in [0, 0.05) is 18.1 Å². The van der Waals surface area contributed by atoms with E-state index in [9.17, 15) is 9.59 Å². The number of carboxylic acids is 1. The number of aromatic nitrogens is 1. The van der Waals surface area contributed by atoms with Gasteiger partial charge in [0.05, 0.1) is 17.5 Å². The van der Waals surface area contributed by atoms with E-state index in [1.54, 1.807) is 6.07 Å². The normalized spacial score (nSPS) is 10.2. The molecule has 0 atom stereocenters. The Labute approximate surface area is 103 Å². The molecule has 0 bridgehead atoms. The predicted molar refractivity (Wildman–Crippen MR) is 66.3 cm³/mol. The van der Waals surface area contributed by atoms with Gasteiger partial charge in [-0.15, -0.1) is 0 Å². The summed E-state index contributed by atoms with van der Waals surface area (Å²) in [6, 6.07) is 9.22. The van der Waals surface area contributed by atoms with E-state index in [2.05, 4.69) is 10.3 Å². The van der Waals surface area contributed by atoms with Gasteiger partial charge in [-0.25, -0.2) is 0 Å². The van der Waals surface area contributed by atoms with E-state index in [4.69, 9.17) is 5.11 Å². The molecule has 1 heterocycles. The Morgan fingerprint density at radius 2 is 2.06 bits per heavy atom. The van der Waals surface area contributed by atoms with Crippen LogP contribution in [-0.4, -0.2) is 28.5 Å². The highest BCUT2D eigenvalue weighted by atomic mass is 16.4. The van der Waals surface area contributed by atoms with Gasteiger partial charge in [-0.05, 0) is 12.1 Å². The minimum absolute atomic E-state index is 0.0905. The molecule has 2 N–H and O–H groups in total. The molecule has 0 aliphatic carbocycles. The van der Waals surface area contributed by atoms with Gasteiger partial charge in [0.25, 0.3) is 5.91 Å². The van der Waals surface area contributed by atoms with E-state index in [-0.39, 0.29) is 18.9 Å². The van der Waals surface area contributed by atoms with Gasteiger partial charge in [-0.1, -0.05) is 18.2 Å². The Morgan fingerprint density at radius 1 is 1.28 bits per heavy atom. The monoisotopic (exact) mass is 244 g/mol. The SMILES string of the molecule is O=C(O)CCNC(=O)c1cnc2ccccc2c1. The maximum Gasteiger partial charge on any atom is 0.305 e. The predicted octanol–water partition coefficient (Wildman–Crippen LogP) is 1.44. The number of carboxylic acid groups (broad SMARTS) is 1. The Morgan fingerprint density at radius 3 is 2.83 bits per heavy atom. The molecule has 0 unspecified atom stereocenters. The van der Waals surface area contributed by atoms with Crippen LogP contribution in [0.5, 0.6) is 0 Å². The number of fused-ring (bicyclic) bond motifs is 1. The zero-order valence-corrected chi connectivity index (χ0v) is 9.59. The van der Waals surface area contributed by atoms with Gasteiger partial charge in [-0.3, -0.25) is 14.6 Å². The van der Waals surface area contributed by atoms with Crippen LogP contribution >= 0.6 is 0 Å². The van der Waals surface area contributed by atoms with Crippen LogP contribution in [-0.2, 0) is 4.79 Å². The molecule has 0 aliphatic rings. The van der Waals surface area contributed by atoms with Crippen molar-refractivity contribution in [2.24, 2.45) is 0 Å². The number of hydrogen-bond acceptors (Lipinski definition) is 3. The second-order valence-electron chi connectivity index (χ2n) is 3.82. The van der Waals surface area contributed by atoms with Gasteiger partial charge in [0.15, 0.2) is 0 Å². The van der Waals surface area contributed by atoms with Gasteiger partial charge in [0.2, 0.25) is 0 Å². The molecule has 0 aliphatic heterocycles. The number of aliphatic carboxylic acids is 1. The minimum atomic E-state index is -0.938. The highest BCUT2D eigenvalue weighted by molar-refractivity contribution is 5.97. The smallest absolute Gasteiger partial charge is 0.305 e. The quantitative estimate of drug-likeness (QED) is 0.852. The Bertz CT molecular complexity index is 596. The summed E-state index contributed by atoms with van der Waals surface area (Å²) in [7, 11) is 0. The molecule has 0 spiro atoms. The number of para-hydroxylation sites is 1. The molecule has 0 fully saturated rings. The number of hydrogen-bond donors (Lipinski definition) is 2. The fourth-order valence-corrected chi connectivity index (χ4v) is 1.58. The second kappa shape index (κ2) is 5.27. The summed E-state index contributed by atoms with van der Waals surface area (Å²) in [6.45, 7) is 0.112. The zero-order valence-electron chi connectivity index (χ0n) is 9.59. The van der Waals surface area contributed by atoms with Crippen LogP contribution in [0.2, 0.25) is 0 Å². The molecule has 1 amide bonds. The summed E-state index contributed by atoms with van der Waals surface area (Å²) in [5, 5.41) is 11.9. The van der Waals surface area contributed by atoms with Crippen LogP contribution in [0.3, 0.4) is 0 Å². The number of pyridine rings is 1. The van der Waals surface area contributed by atoms with E-state index in [1.807, 2.05) is 24.3 Å². The Hall–Kier alpha value is -2.43. The van der Waals surface area contributed by atoms with Crippen molar-refractivity contribution in [3.05, 3.63) is 42.1 Å². The first-order valence-corrected chi connectivity index (χ1v) is 5.51. The first-order chi connectivity index (χ1) is 8.66. The van der Waals surface area contributed by atoms with E-state index in [0.717, 1.165) is 10.9 Å². The van der Waals surface area contributed by atoms with Crippen molar-refractivity contribution in [1.82, 2.24) is 10.3 Å². The summed E-state index contributed by atoms with van der Waals surface area (Å²) in [4.78, 5) is 26.2. The van der Waals surface area contributed by atoms with Crippen LogP contribution in [0.15, 0.2) is 36.5 Å². The number of rotatable bonds is 4. The van der Waals surface area contributed by atoms with Crippen molar-refractivity contribution < 1.29 is 14.7 Å². The molecule has 2 aromatic rings. The van der Waals surface area contributed by atoms with Crippen LogP contribution in [0.25, 0.3) is 10.9 Å². The molecule has 2 rings (SSSR count). The molecule has 0 saturated heterocycles. The third-order valence-electron chi connectivity index (χ3n) is 2.48. The second-order valence-corrected chi connectivity index (χ2v) is 3.82. The molecule has 1 aromatic carbocycles.